The highest BCUT2D eigenvalue weighted by atomic mass is 32.1. The number of aliphatic carboxylic acids is 1. The van der Waals surface area contributed by atoms with Crippen molar-refractivity contribution in [2.24, 2.45) is 0 Å². The topological polar surface area (TPSA) is 40.5 Å². The Bertz CT molecular complexity index is 673. The van der Waals surface area contributed by atoms with E-state index in [1.54, 1.807) is 17.4 Å². The van der Waals surface area contributed by atoms with E-state index in [9.17, 15) is 4.79 Å². The zero-order valence-corrected chi connectivity index (χ0v) is 13.3. The minimum atomic E-state index is -0.921. The fraction of sp³-hybridized carbons (Fsp3) is 0.235. The van der Waals surface area contributed by atoms with E-state index in [4.69, 9.17) is 5.11 Å². The van der Waals surface area contributed by atoms with Crippen LogP contribution in [-0.2, 0) is 11.3 Å². The Balaban J connectivity index is 2.18. The van der Waals surface area contributed by atoms with Crippen molar-refractivity contribution in [1.29, 1.82) is 0 Å². The number of benzene rings is 1. The first kappa shape index (κ1) is 15.3. The summed E-state index contributed by atoms with van der Waals surface area (Å²) in [7, 11) is 2.06. The molecular weight excluding hydrogens is 282 g/mol. The maximum atomic E-state index is 10.6. The van der Waals surface area contributed by atoms with E-state index in [1.807, 2.05) is 11.4 Å². The summed E-state index contributed by atoms with van der Waals surface area (Å²) in [5, 5.41) is 10.7. The van der Waals surface area contributed by atoms with Crippen LogP contribution in [0.4, 0.5) is 5.69 Å². The summed E-state index contributed by atoms with van der Waals surface area (Å²) in [6.45, 7) is 4.96. The van der Waals surface area contributed by atoms with Gasteiger partial charge < -0.3 is 10.0 Å². The van der Waals surface area contributed by atoms with Gasteiger partial charge in [-0.15, -0.1) is 11.3 Å². The number of hydrogen-bond donors (Lipinski definition) is 1. The fourth-order valence-electron chi connectivity index (χ4n) is 2.32. The van der Waals surface area contributed by atoms with Crippen molar-refractivity contribution >= 4 is 29.1 Å². The number of carboxylic acids is 1. The molecule has 1 heterocycles. The molecule has 0 fully saturated rings. The maximum absolute atomic E-state index is 10.6. The lowest BCUT2D eigenvalue weighted by atomic mass is 10.1. The molecule has 0 radical (unpaired) electrons. The number of carboxylic acid groups (broad SMARTS) is 1. The van der Waals surface area contributed by atoms with Crippen LogP contribution in [0.15, 0.2) is 35.7 Å². The van der Waals surface area contributed by atoms with Crippen molar-refractivity contribution in [2.75, 3.05) is 11.9 Å². The number of anilines is 1. The number of thiophene rings is 1. The highest BCUT2D eigenvalue weighted by molar-refractivity contribution is 7.10. The smallest absolute Gasteiger partial charge is 0.328 e. The molecule has 1 aromatic carbocycles. The van der Waals surface area contributed by atoms with Gasteiger partial charge in [-0.3, -0.25) is 0 Å². The van der Waals surface area contributed by atoms with Gasteiger partial charge in [0.15, 0.2) is 0 Å². The van der Waals surface area contributed by atoms with Gasteiger partial charge in [0.05, 0.1) is 6.54 Å². The second-order valence-electron chi connectivity index (χ2n) is 5.12. The van der Waals surface area contributed by atoms with Crippen LogP contribution in [0, 0.1) is 13.8 Å². The molecule has 21 heavy (non-hydrogen) atoms. The molecule has 1 N–H and O–H groups in total. The van der Waals surface area contributed by atoms with Crippen molar-refractivity contribution in [3.8, 4) is 0 Å². The van der Waals surface area contributed by atoms with E-state index < -0.39 is 5.97 Å². The van der Waals surface area contributed by atoms with Crippen molar-refractivity contribution < 1.29 is 9.90 Å². The summed E-state index contributed by atoms with van der Waals surface area (Å²) in [6, 6.07) is 8.37. The van der Waals surface area contributed by atoms with Crippen LogP contribution in [-0.4, -0.2) is 18.1 Å². The van der Waals surface area contributed by atoms with Crippen LogP contribution in [0.1, 0.15) is 21.6 Å². The van der Waals surface area contributed by atoms with Gasteiger partial charge in [-0.2, -0.15) is 0 Å². The summed E-state index contributed by atoms with van der Waals surface area (Å²) in [6.07, 6.45) is 2.84. The van der Waals surface area contributed by atoms with Gasteiger partial charge in [0.1, 0.15) is 0 Å². The third-order valence-corrected chi connectivity index (χ3v) is 4.25. The van der Waals surface area contributed by atoms with Gasteiger partial charge in [-0.1, -0.05) is 17.7 Å². The Kier molecular flexibility index (Phi) is 4.81. The first-order chi connectivity index (χ1) is 9.97. The molecule has 2 rings (SSSR count). The van der Waals surface area contributed by atoms with E-state index in [2.05, 4.69) is 44.0 Å². The second kappa shape index (κ2) is 6.59. The highest BCUT2D eigenvalue weighted by Crippen LogP contribution is 2.25. The van der Waals surface area contributed by atoms with Gasteiger partial charge >= 0.3 is 5.97 Å². The molecule has 0 bridgehead atoms. The zero-order valence-electron chi connectivity index (χ0n) is 12.5. The van der Waals surface area contributed by atoms with Crippen LogP contribution in [0.5, 0.6) is 0 Å². The largest absolute Gasteiger partial charge is 0.478 e. The normalized spacial score (nSPS) is 11.0. The molecule has 0 atom stereocenters. The third kappa shape index (κ3) is 3.95. The predicted molar refractivity (Wildman–Crippen MR) is 89.0 cm³/mol. The Labute approximate surface area is 129 Å². The number of carbonyl (C=O) groups is 1. The molecule has 0 aliphatic heterocycles. The molecule has 0 aliphatic carbocycles. The standard InChI is InChI=1S/C17H19NO2S/c1-12-4-6-15(13(2)10-12)18(3)11-16-14(8-9-21-16)5-7-17(19)20/h4-10H,11H2,1-3H3,(H,19,20). The van der Waals surface area contributed by atoms with E-state index in [-0.39, 0.29) is 0 Å². The molecule has 0 saturated heterocycles. The molecule has 1 aromatic heterocycles. The molecule has 0 spiro atoms. The van der Waals surface area contributed by atoms with E-state index in [0.29, 0.717) is 0 Å². The Morgan fingerprint density at radius 1 is 1.33 bits per heavy atom. The SMILES string of the molecule is Cc1ccc(N(C)Cc2sccc2C=CC(=O)O)c(C)c1. The van der Waals surface area contributed by atoms with E-state index >= 15 is 0 Å². The molecule has 4 heteroatoms. The highest BCUT2D eigenvalue weighted by Gasteiger charge is 2.09. The number of rotatable bonds is 5. The third-order valence-electron chi connectivity index (χ3n) is 3.33. The summed E-state index contributed by atoms with van der Waals surface area (Å²) in [4.78, 5) is 14.0. The average Bonchev–Trinajstić information content (AvgIpc) is 2.83. The Hall–Kier alpha value is -2.07. The van der Waals surface area contributed by atoms with Gasteiger partial charge in [0.2, 0.25) is 0 Å². The molecular formula is C17H19NO2S. The van der Waals surface area contributed by atoms with Gasteiger partial charge in [-0.05, 0) is 48.6 Å². The van der Waals surface area contributed by atoms with E-state index in [0.717, 1.165) is 17.0 Å². The Morgan fingerprint density at radius 3 is 2.76 bits per heavy atom. The number of hydrogen-bond acceptors (Lipinski definition) is 3. The van der Waals surface area contributed by atoms with Crippen LogP contribution >= 0.6 is 11.3 Å². The molecule has 0 aliphatic rings. The number of aryl methyl sites for hydroxylation is 2. The van der Waals surface area contributed by atoms with Gasteiger partial charge in [0.25, 0.3) is 0 Å². The molecule has 110 valence electrons. The molecule has 0 amide bonds. The first-order valence-corrected chi connectivity index (χ1v) is 7.61. The summed E-state index contributed by atoms with van der Waals surface area (Å²) >= 11 is 1.65. The molecule has 3 nitrogen and oxygen atoms in total. The van der Waals surface area contributed by atoms with Crippen molar-refractivity contribution in [1.82, 2.24) is 0 Å². The van der Waals surface area contributed by atoms with E-state index in [1.165, 1.54) is 22.9 Å². The summed E-state index contributed by atoms with van der Waals surface area (Å²) in [5.74, 6) is -0.921. The lowest BCUT2D eigenvalue weighted by Gasteiger charge is -2.21. The average molecular weight is 301 g/mol. The first-order valence-electron chi connectivity index (χ1n) is 6.73. The van der Waals surface area contributed by atoms with Crippen LogP contribution in [0.3, 0.4) is 0 Å². The second-order valence-corrected chi connectivity index (χ2v) is 6.12. The summed E-state index contributed by atoms with van der Waals surface area (Å²) in [5.41, 5.74) is 4.67. The molecule has 0 saturated carbocycles. The quantitative estimate of drug-likeness (QED) is 0.845. The lowest BCUT2D eigenvalue weighted by Crippen LogP contribution is -2.17. The predicted octanol–water partition coefficient (Wildman–Crippen LogP) is 4.10. The van der Waals surface area contributed by atoms with Gasteiger partial charge in [0, 0.05) is 23.7 Å². The van der Waals surface area contributed by atoms with Crippen molar-refractivity contribution in [2.45, 2.75) is 20.4 Å². The molecule has 2 aromatic rings. The minimum absolute atomic E-state index is 0.765. The maximum Gasteiger partial charge on any atom is 0.328 e. The fourth-order valence-corrected chi connectivity index (χ4v) is 3.24. The summed E-state index contributed by atoms with van der Waals surface area (Å²) < 4.78 is 0. The van der Waals surface area contributed by atoms with Crippen LogP contribution in [0.2, 0.25) is 0 Å². The van der Waals surface area contributed by atoms with Crippen LogP contribution in [0.25, 0.3) is 6.08 Å². The zero-order chi connectivity index (χ0) is 15.4. The van der Waals surface area contributed by atoms with Crippen molar-refractivity contribution in [3.63, 3.8) is 0 Å². The Morgan fingerprint density at radius 2 is 2.10 bits per heavy atom. The lowest BCUT2D eigenvalue weighted by molar-refractivity contribution is -0.131. The molecule has 0 unspecified atom stereocenters. The monoisotopic (exact) mass is 301 g/mol. The minimum Gasteiger partial charge on any atom is -0.478 e. The number of nitrogens with zero attached hydrogens (tertiary/aromatic N) is 1. The van der Waals surface area contributed by atoms with Gasteiger partial charge in [-0.25, -0.2) is 4.79 Å². The van der Waals surface area contributed by atoms with Crippen molar-refractivity contribution in [3.05, 3.63) is 57.3 Å². The van der Waals surface area contributed by atoms with Crippen LogP contribution < -0.4 is 4.90 Å².